The minimum atomic E-state index is 0.0216. The van der Waals surface area contributed by atoms with Crippen LogP contribution in [0.1, 0.15) is 17.2 Å². The quantitative estimate of drug-likeness (QED) is 0.829. The molecule has 96 valence electrons. The molecular formula is C16H14BrNO. The molecule has 0 bridgehead atoms. The molecule has 0 spiro atoms. The highest BCUT2D eigenvalue weighted by Crippen LogP contribution is 2.27. The van der Waals surface area contributed by atoms with Gasteiger partial charge in [-0.1, -0.05) is 58.4 Å². The lowest BCUT2D eigenvalue weighted by molar-refractivity contribution is -0.137. The third-order valence-electron chi connectivity index (χ3n) is 3.03. The molecule has 0 radical (unpaired) electrons. The number of benzene rings is 2. The minimum absolute atomic E-state index is 0.0216. The van der Waals surface area contributed by atoms with Crippen molar-refractivity contribution in [3.8, 4) is 0 Å². The average molecular weight is 316 g/mol. The highest BCUT2D eigenvalue weighted by atomic mass is 79.9. The van der Waals surface area contributed by atoms with Crippen LogP contribution >= 0.6 is 15.9 Å². The fourth-order valence-corrected chi connectivity index (χ4v) is 2.56. The van der Waals surface area contributed by atoms with Gasteiger partial charge in [0, 0.05) is 10.7 Å². The molecule has 2 aromatic rings. The van der Waals surface area contributed by atoms with Crippen molar-refractivity contribution in [1.82, 2.24) is 5.06 Å². The van der Waals surface area contributed by atoms with Crippen molar-refractivity contribution in [2.75, 3.05) is 0 Å². The summed E-state index contributed by atoms with van der Waals surface area (Å²) >= 11 is 3.48. The van der Waals surface area contributed by atoms with Gasteiger partial charge in [0.1, 0.15) is 6.10 Å². The summed E-state index contributed by atoms with van der Waals surface area (Å²) in [7, 11) is 0. The molecule has 3 heteroatoms. The van der Waals surface area contributed by atoms with Gasteiger partial charge in [0.2, 0.25) is 0 Å². The molecule has 0 N–H and O–H groups in total. The Morgan fingerprint density at radius 3 is 2.68 bits per heavy atom. The lowest BCUT2D eigenvalue weighted by atomic mass is 10.1. The Hall–Kier alpha value is -1.58. The molecule has 19 heavy (non-hydrogen) atoms. The van der Waals surface area contributed by atoms with Crippen molar-refractivity contribution >= 4 is 15.9 Å². The van der Waals surface area contributed by atoms with Gasteiger partial charge < -0.3 is 0 Å². The average Bonchev–Trinajstić information content (AvgIpc) is 2.88. The van der Waals surface area contributed by atoms with Crippen molar-refractivity contribution in [1.29, 1.82) is 0 Å². The van der Waals surface area contributed by atoms with Crippen LogP contribution in [-0.4, -0.2) is 5.06 Å². The van der Waals surface area contributed by atoms with Crippen LogP contribution in [0.3, 0.4) is 0 Å². The Morgan fingerprint density at radius 2 is 1.89 bits per heavy atom. The molecule has 3 rings (SSSR count). The van der Waals surface area contributed by atoms with Crippen molar-refractivity contribution in [3.63, 3.8) is 0 Å². The summed E-state index contributed by atoms with van der Waals surface area (Å²) in [6.07, 6.45) is 4.10. The van der Waals surface area contributed by atoms with E-state index in [-0.39, 0.29) is 6.10 Å². The number of rotatable bonds is 3. The van der Waals surface area contributed by atoms with E-state index in [1.54, 1.807) is 0 Å². The van der Waals surface area contributed by atoms with Crippen LogP contribution in [0.4, 0.5) is 0 Å². The van der Waals surface area contributed by atoms with Crippen molar-refractivity contribution in [3.05, 3.63) is 82.5 Å². The summed E-state index contributed by atoms with van der Waals surface area (Å²) in [5.41, 5.74) is 2.39. The van der Waals surface area contributed by atoms with Crippen molar-refractivity contribution in [2.45, 2.75) is 12.6 Å². The summed E-state index contributed by atoms with van der Waals surface area (Å²) in [5.74, 6) is 0. The molecular weight excluding hydrogens is 302 g/mol. The van der Waals surface area contributed by atoms with Crippen LogP contribution in [0.2, 0.25) is 0 Å². The third-order valence-corrected chi connectivity index (χ3v) is 3.52. The predicted molar refractivity (Wildman–Crippen MR) is 79.1 cm³/mol. The molecule has 1 aliphatic heterocycles. The maximum atomic E-state index is 5.90. The predicted octanol–water partition coefficient (Wildman–Crippen LogP) is 4.45. The Bertz CT molecular complexity index is 582. The van der Waals surface area contributed by atoms with E-state index in [9.17, 15) is 0 Å². The van der Waals surface area contributed by atoms with Crippen LogP contribution in [0.5, 0.6) is 0 Å². The summed E-state index contributed by atoms with van der Waals surface area (Å²) in [6.45, 7) is 0.749. The Kier molecular flexibility index (Phi) is 3.67. The van der Waals surface area contributed by atoms with E-state index in [2.05, 4.69) is 46.3 Å². The summed E-state index contributed by atoms with van der Waals surface area (Å²) in [4.78, 5) is 5.90. The third kappa shape index (κ3) is 3.06. The minimum Gasteiger partial charge on any atom is -0.261 e. The SMILES string of the molecule is Brc1cccc(CN2C=C[C@H](c3ccccc3)O2)c1. The van der Waals surface area contributed by atoms with Gasteiger partial charge >= 0.3 is 0 Å². The maximum absolute atomic E-state index is 5.90. The highest BCUT2D eigenvalue weighted by molar-refractivity contribution is 9.10. The second-order valence-corrected chi connectivity index (χ2v) is 5.40. The highest BCUT2D eigenvalue weighted by Gasteiger charge is 2.18. The van der Waals surface area contributed by atoms with Crippen LogP contribution in [0.25, 0.3) is 0 Å². The summed E-state index contributed by atoms with van der Waals surface area (Å²) in [6, 6.07) is 18.5. The standard InChI is InChI=1S/C16H14BrNO/c17-15-8-4-5-13(11-15)12-18-10-9-16(19-18)14-6-2-1-3-7-14/h1-11,16H,12H2/t16-/m1/s1. The normalized spacial score (nSPS) is 17.9. The number of hydrogen-bond acceptors (Lipinski definition) is 2. The number of nitrogens with zero attached hydrogens (tertiary/aromatic N) is 1. The molecule has 0 saturated carbocycles. The lowest BCUT2D eigenvalue weighted by Crippen LogP contribution is -2.14. The van der Waals surface area contributed by atoms with Gasteiger partial charge in [-0.3, -0.25) is 9.90 Å². The van der Waals surface area contributed by atoms with Gasteiger partial charge in [0.05, 0.1) is 6.54 Å². The van der Waals surface area contributed by atoms with Crippen molar-refractivity contribution in [2.24, 2.45) is 0 Å². The zero-order chi connectivity index (χ0) is 13.1. The first kappa shape index (κ1) is 12.5. The van der Waals surface area contributed by atoms with E-state index in [0.29, 0.717) is 0 Å². The first-order valence-electron chi connectivity index (χ1n) is 6.22. The zero-order valence-electron chi connectivity index (χ0n) is 10.4. The second-order valence-electron chi connectivity index (χ2n) is 4.48. The van der Waals surface area contributed by atoms with E-state index in [0.717, 1.165) is 11.0 Å². The molecule has 1 atom stereocenters. The first-order chi connectivity index (χ1) is 9.31. The monoisotopic (exact) mass is 315 g/mol. The molecule has 0 aliphatic carbocycles. The molecule has 0 unspecified atom stereocenters. The van der Waals surface area contributed by atoms with E-state index in [1.165, 1.54) is 11.1 Å². The van der Waals surface area contributed by atoms with Crippen LogP contribution < -0.4 is 0 Å². The van der Waals surface area contributed by atoms with E-state index in [4.69, 9.17) is 4.84 Å². The van der Waals surface area contributed by atoms with Crippen LogP contribution in [-0.2, 0) is 11.4 Å². The largest absolute Gasteiger partial charge is 0.261 e. The molecule has 0 saturated heterocycles. The lowest BCUT2D eigenvalue weighted by Gasteiger charge is -2.18. The topological polar surface area (TPSA) is 12.5 Å². The summed E-state index contributed by atoms with van der Waals surface area (Å²) in [5, 5.41) is 1.87. The zero-order valence-corrected chi connectivity index (χ0v) is 12.0. The van der Waals surface area contributed by atoms with Crippen LogP contribution in [0.15, 0.2) is 71.3 Å². The smallest absolute Gasteiger partial charge is 0.131 e. The number of hydroxylamine groups is 2. The molecule has 0 aromatic heterocycles. The molecule has 0 fully saturated rings. The molecule has 2 aromatic carbocycles. The van der Waals surface area contributed by atoms with Gasteiger partial charge in [-0.25, -0.2) is 0 Å². The van der Waals surface area contributed by atoms with Gasteiger partial charge in [-0.2, -0.15) is 0 Å². The van der Waals surface area contributed by atoms with Crippen LogP contribution in [0, 0.1) is 0 Å². The molecule has 1 aliphatic rings. The van der Waals surface area contributed by atoms with Gasteiger partial charge in [0.15, 0.2) is 0 Å². The fraction of sp³-hybridized carbons (Fsp3) is 0.125. The molecule has 0 amide bonds. The number of hydrogen-bond donors (Lipinski definition) is 0. The first-order valence-corrected chi connectivity index (χ1v) is 7.02. The van der Waals surface area contributed by atoms with Gasteiger partial charge in [-0.05, 0) is 29.3 Å². The maximum Gasteiger partial charge on any atom is 0.131 e. The van der Waals surface area contributed by atoms with E-state index in [1.807, 2.05) is 41.6 Å². The Balaban J connectivity index is 1.66. The Labute approximate surface area is 121 Å². The summed E-state index contributed by atoms with van der Waals surface area (Å²) < 4.78 is 1.09. The second kappa shape index (κ2) is 5.59. The van der Waals surface area contributed by atoms with Crippen molar-refractivity contribution < 1.29 is 4.84 Å². The van der Waals surface area contributed by atoms with E-state index >= 15 is 0 Å². The number of halogens is 1. The molecule has 2 nitrogen and oxygen atoms in total. The fourth-order valence-electron chi connectivity index (χ4n) is 2.11. The Morgan fingerprint density at radius 1 is 1.05 bits per heavy atom. The molecule has 1 heterocycles. The van der Waals surface area contributed by atoms with E-state index < -0.39 is 0 Å². The van der Waals surface area contributed by atoms with Gasteiger partial charge in [-0.15, -0.1) is 0 Å². The van der Waals surface area contributed by atoms with Gasteiger partial charge in [0.25, 0.3) is 0 Å².